The fraction of sp³-hybridized carbons (Fsp3) is 0.545. The molecule has 1 aliphatic rings. The summed E-state index contributed by atoms with van der Waals surface area (Å²) in [7, 11) is -2.99. The van der Waals surface area contributed by atoms with Gasteiger partial charge in [-0.2, -0.15) is 0 Å². The quantitative estimate of drug-likeness (QED) is 0.868. The average molecular weight is 258 g/mol. The van der Waals surface area contributed by atoms with Crippen molar-refractivity contribution in [2.45, 2.75) is 12.8 Å². The van der Waals surface area contributed by atoms with Gasteiger partial charge in [-0.05, 0) is 25.0 Å². The van der Waals surface area contributed by atoms with Crippen LogP contribution >= 0.6 is 0 Å². The molecule has 0 atom stereocenters. The van der Waals surface area contributed by atoms with Gasteiger partial charge in [-0.25, -0.2) is 17.8 Å². The lowest BCUT2D eigenvalue weighted by atomic mass is 10.1. The van der Waals surface area contributed by atoms with Gasteiger partial charge in [0.1, 0.15) is 9.84 Å². The third kappa shape index (κ3) is 3.39. The van der Waals surface area contributed by atoms with Crippen LogP contribution in [0.15, 0.2) is 18.3 Å². The molecule has 0 bridgehead atoms. The van der Waals surface area contributed by atoms with Gasteiger partial charge in [0, 0.05) is 24.4 Å². The minimum absolute atomic E-state index is 0.154. The Labute approximate surface area is 100 Å². The molecule has 94 valence electrons. The smallest absolute Gasteiger partial charge is 0.165 e. The molecular formula is C11H15FN2O2S. The highest BCUT2D eigenvalue weighted by atomic mass is 32.2. The normalized spacial score (nSPS) is 17.8. The first-order valence-corrected chi connectivity index (χ1v) is 7.48. The van der Waals surface area contributed by atoms with Gasteiger partial charge in [0.05, 0.1) is 5.75 Å². The summed E-state index contributed by atoms with van der Waals surface area (Å²) in [6.07, 6.45) is 4.46. The van der Waals surface area contributed by atoms with Gasteiger partial charge < -0.3 is 5.32 Å². The van der Waals surface area contributed by atoms with Crippen LogP contribution in [0.3, 0.4) is 0 Å². The van der Waals surface area contributed by atoms with Crippen molar-refractivity contribution in [1.29, 1.82) is 0 Å². The Morgan fingerprint density at radius 3 is 2.76 bits per heavy atom. The second kappa shape index (κ2) is 4.25. The van der Waals surface area contributed by atoms with E-state index in [-0.39, 0.29) is 17.0 Å². The highest BCUT2D eigenvalue weighted by molar-refractivity contribution is 7.90. The van der Waals surface area contributed by atoms with Crippen molar-refractivity contribution in [2.75, 3.05) is 23.9 Å². The number of pyridine rings is 1. The molecule has 4 nitrogen and oxygen atoms in total. The van der Waals surface area contributed by atoms with Crippen LogP contribution in [0.5, 0.6) is 0 Å². The molecule has 0 aromatic carbocycles. The molecule has 0 spiro atoms. The summed E-state index contributed by atoms with van der Waals surface area (Å²) >= 11 is 0. The van der Waals surface area contributed by atoms with Gasteiger partial charge in [0.2, 0.25) is 0 Å². The summed E-state index contributed by atoms with van der Waals surface area (Å²) in [6.45, 7) is 0.452. The molecule has 0 saturated heterocycles. The third-order valence-corrected chi connectivity index (χ3v) is 4.05. The first kappa shape index (κ1) is 12.3. The topological polar surface area (TPSA) is 59.1 Å². The number of nitrogens with one attached hydrogen (secondary N) is 1. The second-order valence-corrected chi connectivity index (χ2v) is 6.90. The van der Waals surface area contributed by atoms with Crippen LogP contribution < -0.4 is 5.32 Å². The zero-order valence-corrected chi connectivity index (χ0v) is 10.4. The van der Waals surface area contributed by atoms with Crippen molar-refractivity contribution in [3.63, 3.8) is 0 Å². The molecule has 17 heavy (non-hydrogen) atoms. The molecule has 1 saturated carbocycles. The van der Waals surface area contributed by atoms with Crippen LogP contribution in [-0.4, -0.2) is 32.0 Å². The maximum atomic E-state index is 13.3. The number of nitrogens with zero attached hydrogens (tertiary/aromatic N) is 1. The molecule has 2 rings (SSSR count). The van der Waals surface area contributed by atoms with Crippen LogP contribution in [0.1, 0.15) is 12.8 Å². The maximum Gasteiger partial charge on any atom is 0.165 e. The number of hydrogen-bond acceptors (Lipinski definition) is 4. The summed E-state index contributed by atoms with van der Waals surface area (Å²) in [4.78, 5) is 3.87. The summed E-state index contributed by atoms with van der Waals surface area (Å²) in [5, 5.41) is 2.89. The maximum absolute atomic E-state index is 13.3. The largest absolute Gasteiger partial charge is 0.367 e. The molecule has 0 aliphatic heterocycles. The van der Waals surface area contributed by atoms with E-state index in [0.29, 0.717) is 6.54 Å². The Morgan fingerprint density at radius 1 is 1.53 bits per heavy atom. The number of halogens is 1. The monoisotopic (exact) mass is 258 g/mol. The highest BCUT2D eigenvalue weighted by Crippen LogP contribution is 2.46. The minimum atomic E-state index is -2.99. The molecule has 0 radical (unpaired) electrons. The fourth-order valence-corrected chi connectivity index (χ4v) is 3.40. The Morgan fingerprint density at radius 2 is 2.24 bits per heavy atom. The van der Waals surface area contributed by atoms with Crippen LogP contribution in [0.4, 0.5) is 10.2 Å². The molecule has 1 heterocycles. The number of rotatable bonds is 5. The van der Waals surface area contributed by atoms with Gasteiger partial charge in [-0.1, -0.05) is 0 Å². The summed E-state index contributed by atoms with van der Waals surface area (Å²) in [5.41, 5.74) is -0.225. The van der Waals surface area contributed by atoms with Crippen molar-refractivity contribution >= 4 is 15.7 Å². The minimum Gasteiger partial charge on any atom is -0.367 e. The number of anilines is 1. The first-order chi connectivity index (χ1) is 7.90. The lowest BCUT2D eigenvalue weighted by Gasteiger charge is -2.15. The zero-order chi connectivity index (χ0) is 12.5. The summed E-state index contributed by atoms with van der Waals surface area (Å²) in [6, 6.07) is 2.84. The van der Waals surface area contributed by atoms with Crippen LogP contribution in [0.25, 0.3) is 0 Å². The van der Waals surface area contributed by atoms with E-state index >= 15 is 0 Å². The zero-order valence-electron chi connectivity index (χ0n) is 9.61. The van der Waals surface area contributed by atoms with E-state index in [4.69, 9.17) is 0 Å². The van der Waals surface area contributed by atoms with Crippen LogP contribution in [0.2, 0.25) is 0 Å². The van der Waals surface area contributed by atoms with E-state index in [1.54, 1.807) is 0 Å². The van der Waals surface area contributed by atoms with Crippen molar-refractivity contribution in [3.05, 3.63) is 24.1 Å². The van der Waals surface area contributed by atoms with E-state index in [1.165, 1.54) is 24.6 Å². The van der Waals surface area contributed by atoms with E-state index in [2.05, 4.69) is 10.3 Å². The van der Waals surface area contributed by atoms with Crippen molar-refractivity contribution in [1.82, 2.24) is 4.98 Å². The molecule has 1 fully saturated rings. The van der Waals surface area contributed by atoms with Crippen LogP contribution in [0, 0.1) is 11.2 Å². The molecular weight excluding hydrogens is 243 g/mol. The Balaban J connectivity index is 1.97. The van der Waals surface area contributed by atoms with Gasteiger partial charge in [-0.3, -0.25) is 0 Å². The highest BCUT2D eigenvalue weighted by Gasteiger charge is 2.45. The SMILES string of the molecule is CS(=O)(=O)CC1(CNc2ncccc2F)CC1. The third-order valence-electron chi connectivity index (χ3n) is 2.91. The van der Waals surface area contributed by atoms with Gasteiger partial charge in [0.25, 0.3) is 0 Å². The van der Waals surface area contributed by atoms with Gasteiger partial charge in [-0.15, -0.1) is 0 Å². The predicted octanol–water partition coefficient (Wildman–Crippen LogP) is 1.46. The van der Waals surface area contributed by atoms with E-state index < -0.39 is 15.7 Å². The van der Waals surface area contributed by atoms with Crippen LogP contribution in [-0.2, 0) is 9.84 Å². The first-order valence-electron chi connectivity index (χ1n) is 5.42. The second-order valence-electron chi connectivity index (χ2n) is 4.76. The average Bonchev–Trinajstić information content (AvgIpc) is 2.94. The molecule has 1 aliphatic carbocycles. The fourth-order valence-electron chi connectivity index (χ4n) is 1.89. The molecule has 0 amide bonds. The molecule has 0 unspecified atom stereocenters. The Kier molecular flexibility index (Phi) is 3.07. The molecule has 6 heteroatoms. The van der Waals surface area contributed by atoms with E-state index in [9.17, 15) is 12.8 Å². The number of sulfone groups is 1. The van der Waals surface area contributed by atoms with Crippen molar-refractivity contribution in [3.8, 4) is 0 Å². The predicted molar refractivity (Wildman–Crippen MR) is 64.1 cm³/mol. The molecule has 1 N–H and O–H groups in total. The molecule has 1 aromatic rings. The van der Waals surface area contributed by atoms with Gasteiger partial charge in [0.15, 0.2) is 11.6 Å². The standard InChI is InChI=1S/C11H15FN2O2S/c1-17(15,16)8-11(4-5-11)7-14-10-9(12)3-2-6-13-10/h2-3,6H,4-5,7-8H2,1H3,(H,13,14). The van der Waals surface area contributed by atoms with Crippen molar-refractivity contribution < 1.29 is 12.8 Å². The summed E-state index contributed by atoms with van der Waals surface area (Å²) < 4.78 is 35.8. The van der Waals surface area contributed by atoms with Gasteiger partial charge >= 0.3 is 0 Å². The number of aromatic nitrogens is 1. The van der Waals surface area contributed by atoms with Crippen molar-refractivity contribution in [2.24, 2.45) is 5.41 Å². The Bertz CT molecular complexity index is 512. The summed E-state index contributed by atoms with van der Waals surface area (Å²) in [5.74, 6) is -0.0727. The van der Waals surface area contributed by atoms with E-state index in [0.717, 1.165) is 12.8 Å². The lowest BCUT2D eigenvalue weighted by Crippen LogP contribution is -2.24. The van der Waals surface area contributed by atoms with E-state index in [1.807, 2.05) is 0 Å². The number of hydrogen-bond donors (Lipinski definition) is 1. The lowest BCUT2D eigenvalue weighted by molar-refractivity contribution is 0.557. The Hall–Kier alpha value is -1.17. The molecule has 1 aromatic heterocycles.